The molecule has 30 nitrogen and oxygen atoms in total. The highest BCUT2D eigenvalue weighted by molar-refractivity contribution is 5.96. The number of carbonyl (C=O) groups excluding carboxylic acids is 13. The molecular formula is C112H102O30. The van der Waals surface area contributed by atoms with Crippen molar-refractivity contribution in [2.24, 2.45) is 5.41 Å². The van der Waals surface area contributed by atoms with Gasteiger partial charge in [-0.15, -0.1) is 0 Å². The van der Waals surface area contributed by atoms with Gasteiger partial charge in [0.15, 0.2) is 24.4 Å². The molecule has 142 heavy (non-hydrogen) atoms. The third-order valence-corrected chi connectivity index (χ3v) is 20.5. The lowest BCUT2D eigenvalue weighted by molar-refractivity contribution is -0.0617. The van der Waals surface area contributed by atoms with E-state index in [0.717, 1.165) is 0 Å². The Hall–Kier alpha value is -17.7. The number of benzene rings is 13. The van der Waals surface area contributed by atoms with Crippen LogP contribution in [-0.2, 0) is 66.3 Å². The molecule has 0 bridgehead atoms. The smallest absolute Gasteiger partial charge is 0.338 e. The summed E-state index contributed by atoms with van der Waals surface area (Å²) in [6, 6.07) is 103. The lowest BCUT2D eigenvalue weighted by atomic mass is 9.88. The fraction of sp³-hybridized carbons (Fsp3) is 0.188. The highest BCUT2D eigenvalue weighted by Gasteiger charge is 2.36. The monoisotopic (exact) mass is 1930 g/mol. The third-order valence-electron chi connectivity index (χ3n) is 20.5. The van der Waals surface area contributed by atoms with Gasteiger partial charge in [-0.05, 0) is 201 Å². The van der Waals surface area contributed by atoms with E-state index in [1.807, 2.05) is 6.92 Å². The highest BCUT2D eigenvalue weighted by Crippen LogP contribution is 2.28. The quantitative estimate of drug-likeness (QED) is 0.0253. The molecule has 13 aromatic carbocycles. The Balaban J connectivity index is 0.000000196. The zero-order chi connectivity index (χ0) is 101. The van der Waals surface area contributed by atoms with Crippen molar-refractivity contribution in [3.8, 4) is 17.2 Å². The van der Waals surface area contributed by atoms with Crippen LogP contribution < -0.4 is 14.2 Å². The van der Waals surface area contributed by atoms with Gasteiger partial charge in [-0.2, -0.15) is 0 Å². The van der Waals surface area contributed by atoms with Gasteiger partial charge in [-0.1, -0.05) is 189 Å². The first kappa shape index (κ1) is 106. The van der Waals surface area contributed by atoms with Crippen molar-refractivity contribution < 1.29 is 143 Å². The van der Waals surface area contributed by atoms with Gasteiger partial charge in [-0.3, -0.25) is 0 Å². The lowest BCUT2D eigenvalue weighted by Gasteiger charge is -2.31. The molecule has 0 aromatic heterocycles. The lowest BCUT2D eigenvalue weighted by Crippen LogP contribution is -2.39. The molecule has 0 saturated heterocycles. The fourth-order valence-corrected chi connectivity index (χ4v) is 12.4. The number of hydrogen-bond acceptors (Lipinski definition) is 30. The Kier molecular flexibility index (Phi) is 43.5. The number of rotatable bonds is 43. The molecule has 0 fully saturated rings. The van der Waals surface area contributed by atoms with Gasteiger partial charge in [0.05, 0.1) is 112 Å². The molecule has 0 amide bonds. The zero-order valence-electron chi connectivity index (χ0n) is 77.8. The summed E-state index contributed by atoms with van der Waals surface area (Å²) < 4.78 is 91.6. The first-order valence-corrected chi connectivity index (χ1v) is 44.5. The summed E-state index contributed by atoms with van der Waals surface area (Å²) >= 11 is 0. The van der Waals surface area contributed by atoms with E-state index in [2.05, 4.69) is 0 Å². The van der Waals surface area contributed by atoms with Crippen molar-refractivity contribution in [1.29, 1.82) is 0 Å². The summed E-state index contributed by atoms with van der Waals surface area (Å²) in [7, 11) is 4.54. The molecule has 0 radical (unpaired) electrons. The summed E-state index contributed by atoms with van der Waals surface area (Å²) in [4.78, 5) is 162. The average molecular weight is 1930 g/mol. The summed E-state index contributed by atoms with van der Waals surface area (Å²) in [5, 5.41) is 0. The van der Waals surface area contributed by atoms with Crippen LogP contribution in [0.4, 0.5) is 0 Å². The average Bonchev–Trinajstić information content (AvgIpc) is 0.837. The van der Waals surface area contributed by atoms with Crippen LogP contribution in [-0.4, -0.2) is 196 Å². The van der Waals surface area contributed by atoms with Gasteiger partial charge in [0.25, 0.3) is 0 Å². The standard InChI is InChI=1S/C34H30O9.C27H26O9.C27H26O6.C24H20O6/c35-31(25-13-5-1-6-14-25)40-23-29(42-33(37)27-17-9-3-10-18-27)21-39-22-30(43-34(38)28-19-11-4-12-20-28)24-41-32(36)26-15-7-2-8-16-26;1-31-21-10-4-18(5-11-21)25(28)34-16-24(36-27(30)20-8-14-23(33-3)15-9-20)17-35-26(29)19-6-12-22(32-2)13-7-19;1-2-27(18-31-24(28)21-12-6-3-7-13-21,19-32-25(29)22-14-8-4-9-15-22)20-33-26(30)23-16-10-5-11-17-23;25-22(18-10-4-1-5-11-18)28-16-21(30-24(27)20-14-8-3-9-15-20)17-29-23(26)19-12-6-2-7-13-19/h1-20,29-30H,21-24H2;4-15,24H,16-17H2,1-3H3;3-17H,2,18-20H2,1H3;1-15,21H,16-17H2. The Labute approximate surface area is 819 Å². The van der Waals surface area contributed by atoms with E-state index in [9.17, 15) is 62.3 Å². The zero-order valence-corrected chi connectivity index (χ0v) is 77.8. The minimum absolute atomic E-state index is 0.0820. The molecule has 0 saturated carbocycles. The van der Waals surface area contributed by atoms with Crippen LogP contribution in [0.25, 0.3) is 0 Å². The summed E-state index contributed by atoms with van der Waals surface area (Å²) in [6.07, 6.45) is -3.54. The van der Waals surface area contributed by atoms with E-state index < -0.39 is 107 Å². The second kappa shape index (κ2) is 58.0. The summed E-state index contributed by atoms with van der Waals surface area (Å²) in [5.74, 6) is -5.89. The van der Waals surface area contributed by atoms with Crippen LogP contribution in [0.3, 0.4) is 0 Å². The number of methoxy groups -OCH3 is 3. The SMILES string of the molecule is CCC(COC(=O)c1ccccc1)(COC(=O)c1ccccc1)COC(=O)c1ccccc1.COc1ccc(C(=O)OCC(COC(=O)c2ccc(OC)cc2)OC(=O)c2ccc(OC)cc2)cc1.O=C(OCC(COC(=O)c1ccccc1)OC(=O)c1ccccc1)c1ccccc1.O=C(OCC(COCC(COC(=O)c1ccccc1)OC(=O)c1ccccc1)OC(=O)c1ccccc1)c1ccccc1. The molecule has 0 aliphatic carbocycles. The van der Waals surface area contributed by atoms with E-state index in [-0.39, 0.29) is 89.4 Å². The molecule has 2 unspecified atom stereocenters. The van der Waals surface area contributed by atoms with Gasteiger partial charge in [-0.25, -0.2) is 62.3 Å². The van der Waals surface area contributed by atoms with Gasteiger partial charge in [0.2, 0.25) is 0 Å². The van der Waals surface area contributed by atoms with Crippen LogP contribution in [0.2, 0.25) is 0 Å². The second-order valence-electron chi connectivity index (χ2n) is 30.7. The molecule has 0 heterocycles. The minimum Gasteiger partial charge on any atom is -0.497 e. The van der Waals surface area contributed by atoms with Crippen molar-refractivity contribution in [3.63, 3.8) is 0 Å². The maximum Gasteiger partial charge on any atom is 0.338 e. The van der Waals surface area contributed by atoms with Gasteiger partial charge in [0.1, 0.15) is 76.7 Å². The maximum atomic E-state index is 12.7. The van der Waals surface area contributed by atoms with Gasteiger partial charge >= 0.3 is 77.6 Å². The van der Waals surface area contributed by atoms with Crippen LogP contribution in [0, 0.1) is 5.41 Å². The molecule has 30 heteroatoms. The number of ether oxygens (including phenoxy) is 17. The van der Waals surface area contributed by atoms with E-state index in [0.29, 0.717) is 79.3 Å². The summed E-state index contributed by atoms with van der Waals surface area (Å²) in [5.41, 5.74) is 3.51. The number of esters is 13. The first-order chi connectivity index (χ1) is 69.1. The van der Waals surface area contributed by atoms with Crippen molar-refractivity contribution in [2.45, 2.75) is 37.8 Å². The predicted molar refractivity (Wildman–Crippen MR) is 516 cm³/mol. The van der Waals surface area contributed by atoms with E-state index in [4.69, 9.17) is 80.5 Å². The fourth-order valence-electron chi connectivity index (χ4n) is 12.4. The highest BCUT2D eigenvalue weighted by atomic mass is 16.6. The number of carbonyl (C=O) groups is 13. The molecule has 0 aliphatic heterocycles. The van der Waals surface area contributed by atoms with Crippen molar-refractivity contribution in [3.05, 3.63) is 448 Å². The van der Waals surface area contributed by atoms with Crippen LogP contribution in [0.5, 0.6) is 17.2 Å². The molecule has 0 N–H and O–H groups in total. The van der Waals surface area contributed by atoms with Crippen LogP contribution in [0.15, 0.2) is 376 Å². The van der Waals surface area contributed by atoms with Crippen molar-refractivity contribution in [2.75, 3.05) is 94.0 Å². The number of hydrogen-bond donors (Lipinski definition) is 0. The molecule has 2 atom stereocenters. The van der Waals surface area contributed by atoms with Crippen molar-refractivity contribution in [1.82, 2.24) is 0 Å². The van der Waals surface area contributed by atoms with Crippen molar-refractivity contribution >= 4 is 77.6 Å². The van der Waals surface area contributed by atoms with Crippen LogP contribution in [0.1, 0.15) is 148 Å². The third kappa shape index (κ3) is 36.1. The Morgan fingerprint density at radius 2 is 0.324 bits per heavy atom. The normalized spacial score (nSPS) is 10.9. The molecule has 13 rings (SSSR count). The molecule has 730 valence electrons. The topological polar surface area (TPSA) is 379 Å². The largest absolute Gasteiger partial charge is 0.497 e. The van der Waals surface area contributed by atoms with E-state index in [1.54, 1.807) is 364 Å². The Bertz CT molecular complexity index is 5770. The summed E-state index contributed by atoms with van der Waals surface area (Å²) in [6.45, 7) is -0.534. The minimum atomic E-state index is -1.05. The second-order valence-corrected chi connectivity index (χ2v) is 30.7. The predicted octanol–water partition coefficient (Wildman–Crippen LogP) is 18.0. The molecule has 0 aliphatic rings. The Morgan fingerprint density at radius 3 is 0.486 bits per heavy atom. The van der Waals surface area contributed by atoms with E-state index >= 15 is 0 Å². The molecule has 13 aromatic rings. The van der Waals surface area contributed by atoms with Gasteiger partial charge in [0, 0.05) is 0 Å². The van der Waals surface area contributed by atoms with E-state index in [1.165, 1.54) is 33.5 Å². The molecule has 0 spiro atoms. The maximum absolute atomic E-state index is 12.7. The van der Waals surface area contributed by atoms with Crippen LogP contribution >= 0.6 is 0 Å². The molecular weight excluding hydrogens is 1830 g/mol. The Morgan fingerprint density at radius 1 is 0.183 bits per heavy atom. The first-order valence-electron chi connectivity index (χ1n) is 44.5. The van der Waals surface area contributed by atoms with Gasteiger partial charge < -0.3 is 80.5 Å².